The highest BCUT2D eigenvalue weighted by atomic mass is 32.2. The molecular formula is C90H102F9N13O7S3. The van der Waals surface area contributed by atoms with Crippen molar-refractivity contribution in [2.24, 2.45) is 32.3 Å². The van der Waals surface area contributed by atoms with Gasteiger partial charge >= 0.3 is 0 Å². The molecular weight excluding hydrogens is 1640 g/mol. The van der Waals surface area contributed by atoms with E-state index in [1.54, 1.807) is 138 Å². The summed E-state index contributed by atoms with van der Waals surface area (Å²) in [5.74, 6) is -4.80. The van der Waals surface area contributed by atoms with Crippen LogP contribution in [-0.4, -0.2) is 61.2 Å². The first-order valence-corrected chi connectivity index (χ1v) is 40.0. The quantitative estimate of drug-likeness (QED) is 0.00404. The van der Waals surface area contributed by atoms with E-state index in [2.05, 4.69) is 30.6 Å². The number of aryl methyl sites for hydroxylation is 6. The van der Waals surface area contributed by atoms with Gasteiger partial charge in [0.05, 0.1) is 51.9 Å². The molecule has 0 spiro atoms. The second-order valence-electron chi connectivity index (χ2n) is 27.3. The number of non-ortho nitro benzene ring substituents is 1. The van der Waals surface area contributed by atoms with Crippen LogP contribution in [0.15, 0.2) is 209 Å². The Morgan fingerprint density at radius 2 is 0.779 bits per heavy atom. The summed E-state index contributed by atoms with van der Waals surface area (Å²) in [4.78, 5) is 64.8. The third-order valence-corrected chi connectivity index (χ3v) is 18.1. The number of aliphatic imine (C=N–C) groups is 2. The number of aliphatic hydroxyl groups is 1. The number of hydrogen-bond donors (Lipinski definition) is 8. The number of amidine groups is 2. The molecule has 650 valence electrons. The maximum atomic E-state index is 13.8. The summed E-state index contributed by atoms with van der Waals surface area (Å²) in [6.45, 7) is 25.5. The SMILES string of the molecule is CC(=O)c1cc(C)ccc1F.CC(=O)c1cc(N)ccc1F.CC(=O)c1cc([N+](=O)[O-])ccc1F.CSC(N)=NC(C)c1cc(C)ccc1F.CSC(N)=NC(C)c1cc(N)ccc1F.Cc1ccc(F)c(C(C)N)c1.Cc1ccc(F)c(C(C)N=[N+]=[N-])c1.Cc1ccc(F)c(C(C)NC(=S)NC(=O)c2ccccc2)c1.Cc1ccc(F)c(C(C)O)c1. The van der Waals surface area contributed by atoms with Gasteiger partial charge in [-0.1, -0.05) is 154 Å². The number of halogens is 9. The van der Waals surface area contributed by atoms with Gasteiger partial charge in [-0.25, -0.2) is 39.5 Å². The fourth-order valence-electron chi connectivity index (χ4n) is 10.3. The molecule has 122 heavy (non-hydrogen) atoms. The number of nitrogens with two attached hydrogens (primary N) is 5. The number of Topliss-reactive ketones (excluding diaryl/α,β-unsaturated/α-hetero) is 3. The Morgan fingerprint density at radius 3 is 1.15 bits per heavy atom. The van der Waals surface area contributed by atoms with E-state index in [9.17, 15) is 68.8 Å². The van der Waals surface area contributed by atoms with Crippen molar-refractivity contribution in [2.45, 2.75) is 140 Å². The van der Waals surface area contributed by atoms with E-state index in [4.69, 9.17) is 51.5 Å². The van der Waals surface area contributed by atoms with Crippen molar-refractivity contribution in [1.29, 1.82) is 0 Å². The topological polar surface area (TPSA) is 359 Å². The summed E-state index contributed by atoms with van der Waals surface area (Å²) in [7, 11) is 0. The minimum Gasteiger partial charge on any atom is -0.399 e. The van der Waals surface area contributed by atoms with E-state index < -0.39 is 40.3 Å². The van der Waals surface area contributed by atoms with Gasteiger partial charge in [-0.2, -0.15) is 0 Å². The first kappa shape index (κ1) is 106. The molecule has 0 bridgehead atoms. The van der Waals surface area contributed by atoms with E-state index in [-0.39, 0.29) is 104 Å². The first-order valence-electron chi connectivity index (χ1n) is 37.2. The second kappa shape index (κ2) is 53.5. The van der Waals surface area contributed by atoms with Crippen LogP contribution in [0.5, 0.6) is 0 Å². The molecule has 10 aromatic rings. The number of aliphatic hydroxyl groups excluding tert-OH is 1. The number of azide groups is 1. The Hall–Kier alpha value is -12.2. The Labute approximate surface area is 719 Å². The van der Waals surface area contributed by atoms with Crippen LogP contribution >= 0.6 is 35.7 Å². The lowest BCUT2D eigenvalue weighted by Gasteiger charge is -2.18. The molecule has 0 aliphatic heterocycles. The average Bonchev–Trinajstić information content (AvgIpc) is 0.836. The number of nitrogens with one attached hydrogen (secondary N) is 2. The van der Waals surface area contributed by atoms with Crippen molar-refractivity contribution in [3.63, 3.8) is 0 Å². The highest BCUT2D eigenvalue weighted by Crippen LogP contribution is 2.27. The smallest absolute Gasteiger partial charge is 0.270 e. The minimum atomic E-state index is -0.738. The molecule has 0 fully saturated rings. The van der Waals surface area contributed by atoms with E-state index in [0.717, 1.165) is 58.5 Å². The Kier molecular flexibility index (Phi) is 46.4. The molecule has 0 heterocycles. The van der Waals surface area contributed by atoms with Crippen molar-refractivity contribution in [2.75, 3.05) is 24.0 Å². The number of nitrogen functional groups attached to an aromatic ring is 2. The average molecular weight is 1750 g/mol. The summed E-state index contributed by atoms with van der Waals surface area (Å²) in [6.07, 6.45) is 2.94. The summed E-state index contributed by atoms with van der Waals surface area (Å²) >= 11 is 7.81. The molecule has 1 amide bonds. The first-order chi connectivity index (χ1) is 57.2. The van der Waals surface area contributed by atoms with Crippen molar-refractivity contribution in [3.05, 3.63) is 356 Å². The molecule has 0 aliphatic rings. The van der Waals surface area contributed by atoms with Crippen LogP contribution < -0.4 is 39.3 Å². The minimum absolute atomic E-state index is 0.0463. The summed E-state index contributed by atoms with van der Waals surface area (Å²) < 4.78 is 118. The number of thiocarbonyl (C=S) groups is 1. The van der Waals surface area contributed by atoms with E-state index in [0.29, 0.717) is 60.7 Å². The van der Waals surface area contributed by atoms with Gasteiger partial charge in [-0.15, -0.1) is 0 Å². The number of nitro groups is 1. The molecule has 10 aromatic carbocycles. The molecule has 0 aromatic heterocycles. The molecule has 32 heteroatoms. The predicted octanol–water partition coefficient (Wildman–Crippen LogP) is 22.2. The van der Waals surface area contributed by atoms with Gasteiger partial charge in [0.2, 0.25) is 0 Å². The van der Waals surface area contributed by atoms with Gasteiger partial charge in [-0.3, -0.25) is 44.6 Å². The number of amides is 1. The molecule has 0 aliphatic carbocycles. The highest BCUT2D eigenvalue weighted by Gasteiger charge is 2.18. The normalized spacial score (nSPS) is 11.9. The molecule has 0 saturated heterocycles. The van der Waals surface area contributed by atoms with Crippen LogP contribution in [0, 0.1) is 104 Å². The Morgan fingerprint density at radius 1 is 0.459 bits per heavy atom. The Bertz CT molecular complexity index is 5120. The lowest BCUT2D eigenvalue weighted by molar-refractivity contribution is -0.384. The van der Waals surface area contributed by atoms with Crippen molar-refractivity contribution in [3.8, 4) is 0 Å². The van der Waals surface area contributed by atoms with Crippen LogP contribution in [-0.2, 0) is 0 Å². The van der Waals surface area contributed by atoms with Gasteiger partial charge in [-0.05, 0) is 230 Å². The third-order valence-electron chi connectivity index (χ3n) is 16.8. The zero-order chi connectivity index (χ0) is 92.5. The number of rotatable bonds is 15. The third kappa shape index (κ3) is 38.0. The van der Waals surface area contributed by atoms with Crippen LogP contribution in [0.4, 0.5) is 56.6 Å². The maximum absolute atomic E-state index is 13.8. The summed E-state index contributed by atoms with van der Waals surface area (Å²) in [6, 6.07) is 47.3. The zero-order valence-electron chi connectivity index (χ0n) is 70.5. The monoisotopic (exact) mass is 1740 g/mol. The lowest BCUT2D eigenvalue weighted by atomic mass is 10.1. The van der Waals surface area contributed by atoms with Gasteiger partial charge in [0.15, 0.2) is 32.8 Å². The van der Waals surface area contributed by atoms with Crippen LogP contribution in [0.2, 0.25) is 0 Å². The number of ketones is 3. The molecule has 10 rings (SSSR count). The van der Waals surface area contributed by atoms with Gasteiger partial charge < -0.3 is 39.1 Å². The maximum Gasteiger partial charge on any atom is 0.270 e. The highest BCUT2D eigenvalue weighted by molar-refractivity contribution is 8.13. The standard InChI is InChI=1S/C17H17FN2OS.C11H15FN2S.C10H14FN3S.C9H10FN3.C9H12FN.C9H11FO.C9H9FO.C8H6FNO3.C8H8FNO/c1-11-8-9-15(18)14(10-11)12(2)19-17(22)20-16(21)13-6-4-3-5-7-13;1-7-4-5-10(12)9(6-7)8(2)14-11(13)15-3;1-6(14-10(13)15-2)8-5-7(12)3-4-9(8)11;1-6-3-4-9(10)8(5-6)7(2)12-13-11;3*1-6-3-4-9(10)8(5-6)7(2)11;1-5(11)7-4-6(10(12)13)2-3-8(7)9;1-5(11)7-4-6(10)2-3-8(7)9/h3-10,12H,1-2H3,(H2,19,20,21,22);4-6,8H,1-3H3,(H2,13,14);3-6H,12H2,1-2H3,(H2,13,14);3-5,7H,1-2H3;3-5,7H,11H2,1-2H3;3-5,7,11H,1-2H3;3-5H,1-2H3;2-4H,1H3;2-4H,10H2,1H3. The lowest BCUT2D eigenvalue weighted by Crippen LogP contribution is -2.40. The van der Waals surface area contributed by atoms with Crippen molar-refractivity contribution < 1.29 is 68.7 Å². The number of anilines is 2. The largest absolute Gasteiger partial charge is 0.399 e. The molecule has 6 atom stereocenters. The van der Waals surface area contributed by atoms with Crippen LogP contribution in [0.25, 0.3) is 10.4 Å². The van der Waals surface area contributed by atoms with E-state index >= 15 is 0 Å². The van der Waals surface area contributed by atoms with E-state index in [1.165, 1.54) is 104 Å². The predicted molar refractivity (Wildman–Crippen MR) is 477 cm³/mol. The number of carbonyl (C=O) groups is 4. The number of hydrogen-bond acceptors (Lipinski definition) is 16. The number of carbonyl (C=O) groups excluding carboxylic acids is 4. The number of benzene rings is 10. The van der Waals surface area contributed by atoms with Gasteiger partial charge in [0.1, 0.15) is 52.4 Å². The van der Waals surface area contributed by atoms with Crippen molar-refractivity contribution in [1.82, 2.24) is 10.6 Å². The van der Waals surface area contributed by atoms with Crippen molar-refractivity contribution >= 4 is 91.5 Å². The molecule has 0 saturated carbocycles. The van der Waals surface area contributed by atoms with E-state index in [1.807, 2.05) is 67.0 Å². The summed E-state index contributed by atoms with van der Waals surface area (Å²) in [5, 5.41) is 29.4. The van der Waals surface area contributed by atoms with Gasteiger partial charge in [0, 0.05) is 67.8 Å². The number of nitrogens with zero attached hydrogens (tertiary/aromatic N) is 6. The molecule has 0 radical (unpaired) electrons. The van der Waals surface area contributed by atoms with Crippen LogP contribution in [0.3, 0.4) is 0 Å². The summed E-state index contributed by atoms with van der Waals surface area (Å²) in [5.41, 5.74) is 45.7. The fourth-order valence-corrected chi connectivity index (χ4v) is 11.1. The fraction of sp³-hybridized carbons (Fsp3) is 0.256. The molecule has 6 unspecified atom stereocenters. The zero-order valence-corrected chi connectivity index (χ0v) is 73.0. The number of nitro benzene ring substituents is 1. The van der Waals surface area contributed by atoms with Crippen LogP contribution in [0.1, 0.15) is 207 Å². The number of thioether (sulfide) groups is 2. The Balaban J connectivity index is 0.000000470. The second-order valence-corrected chi connectivity index (χ2v) is 29.3. The van der Waals surface area contributed by atoms with Gasteiger partial charge in [0.25, 0.3) is 11.6 Å². The molecule has 13 N–H and O–H groups in total. The molecule has 20 nitrogen and oxygen atoms in total.